The van der Waals surface area contributed by atoms with E-state index in [-0.39, 0.29) is 5.91 Å². The molecule has 1 fully saturated rings. The molecule has 0 aliphatic carbocycles. The molecule has 1 amide bonds. The van der Waals surface area contributed by atoms with E-state index in [1.807, 2.05) is 0 Å². The van der Waals surface area contributed by atoms with Crippen LogP contribution in [0.4, 0.5) is 5.69 Å². The fourth-order valence-electron chi connectivity index (χ4n) is 2.06. The summed E-state index contributed by atoms with van der Waals surface area (Å²) in [5.41, 5.74) is 0.580. The third-order valence-corrected chi connectivity index (χ3v) is 3.45. The van der Waals surface area contributed by atoms with E-state index in [1.54, 1.807) is 18.3 Å². The topological polar surface area (TPSA) is 51.2 Å². The molecule has 98 valence electrons. The molecule has 0 spiro atoms. The monoisotopic (exact) mass is 268 g/mol. The molecule has 1 aliphatic heterocycles. The SMILES string of the molecule is O=C(CCC1CCOCC1)Nc1cccnc1Cl. The van der Waals surface area contributed by atoms with E-state index in [9.17, 15) is 4.79 Å². The second kappa shape index (κ2) is 6.71. The van der Waals surface area contributed by atoms with Crippen LogP contribution in [-0.2, 0) is 9.53 Å². The number of hydrogen-bond acceptors (Lipinski definition) is 3. The number of ether oxygens (including phenoxy) is 1. The van der Waals surface area contributed by atoms with Crippen molar-refractivity contribution in [3.05, 3.63) is 23.5 Å². The number of aromatic nitrogens is 1. The zero-order valence-corrected chi connectivity index (χ0v) is 10.9. The molecule has 2 heterocycles. The molecule has 0 atom stereocenters. The molecule has 0 bridgehead atoms. The highest BCUT2D eigenvalue weighted by Crippen LogP contribution is 2.21. The van der Waals surface area contributed by atoms with Crippen molar-refractivity contribution in [3.8, 4) is 0 Å². The summed E-state index contributed by atoms with van der Waals surface area (Å²) in [5.74, 6) is 0.602. The van der Waals surface area contributed by atoms with Crippen molar-refractivity contribution in [3.63, 3.8) is 0 Å². The van der Waals surface area contributed by atoms with Gasteiger partial charge in [-0.3, -0.25) is 4.79 Å². The number of amides is 1. The van der Waals surface area contributed by atoms with Gasteiger partial charge in [0.25, 0.3) is 0 Å². The van der Waals surface area contributed by atoms with Gasteiger partial charge in [0.1, 0.15) is 0 Å². The Morgan fingerprint density at radius 2 is 2.28 bits per heavy atom. The fourth-order valence-corrected chi connectivity index (χ4v) is 2.23. The number of halogens is 1. The summed E-state index contributed by atoms with van der Waals surface area (Å²) in [4.78, 5) is 15.7. The maximum atomic E-state index is 11.8. The Morgan fingerprint density at radius 1 is 1.50 bits per heavy atom. The lowest BCUT2D eigenvalue weighted by atomic mass is 9.95. The molecular weight excluding hydrogens is 252 g/mol. The molecule has 0 saturated carbocycles. The van der Waals surface area contributed by atoms with Crippen LogP contribution in [0, 0.1) is 5.92 Å². The minimum atomic E-state index is -0.00334. The Balaban J connectivity index is 1.76. The number of carbonyl (C=O) groups is 1. The number of anilines is 1. The number of nitrogens with one attached hydrogen (secondary N) is 1. The second-order valence-corrected chi connectivity index (χ2v) is 4.84. The average Bonchev–Trinajstić information content (AvgIpc) is 2.40. The molecule has 0 radical (unpaired) electrons. The van der Waals surface area contributed by atoms with Crippen molar-refractivity contribution in [2.75, 3.05) is 18.5 Å². The molecule has 18 heavy (non-hydrogen) atoms. The van der Waals surface area contributed by atoms with E-state index in [4.69, 9.17) is 16.3 Å². The summed E-state index contributed by atoms with van der Waals surface area (Å²) in [5, 5.41) is 3.12. The van der Waals surface area contributed by atoms with Gasteiger partial charge in [-0.1, -0.05) is 11.6 Å². The van der Waals surface area contributed by atoms with Crippen molar-refractivity contribution in [2.24, 2.45) is 5.92 Å². The molecule has 1 aliphatic rings. The maximum Gasteiger partial charge on any atom is 0.224 e. The standard InChI is InChI=1S/C13H17ClN2O2/c14-13-11(2-1-7-15-13)16-12(17)4-3-10-5-8-18-9-6-10/h1-2,7,10H,3-6,8-9H2,(H,16,17). The molecule has 0 unspecified atom stereocenters. The molecule has 5 heteroatoms. The van der Waals surface area contributed by atoms with Crippen LogP contribution in [0.25, 0.3) is 0 Å². The van der Waals surface area contributed by atoms with Crippen molar-refractivity contribution in [2.45, 2.75) is 25.7 Å². The predicted octanol–water partition coefficient (Wildman–Crippen LogP) is 2.88. The van der Waals surface area contributed by atoms with E-state index in [0.717, 1.165) is 32.5 Å². The third-order valence-electron chi connectivity index (χ3n) is 3.15. The van der Waals surface area contributed by atoms with E-state index >= 15 is 0 Å². The van der Waals surface area contributed by atoms with Gasteiger partial charge >= 0.3 is 0 Å². The fraction of sp³-hybridized carbons (Fsp3) is 0.538. The van der Waals surface area contributed by atoms with Crippen LogP contribution in [0.1, 0.15) is 25.7 Å². The van der Waals surface area contributed by atoms with Crippen LogP contribution in [-0.4, -0.2) is 24.1 Å². The van der Waals surface area contributed by atoms with E-state index in [0.29, 0.717) is 23.2 Å². The van der Waals surface area contributed by atoms with Gasteiger partial charge in [-0.15, -0.1) is 0 Å². The summed E-state index contributed by atoms with van der Waals surface area (Å²) in [6.45, 7) is 1.64. The number of carbonyl (C=O) groups excluding carboxylic acids is 1. The minimum Gasteiger partial charge on any atom is -0.381 e. The first-order valence-electron chi connectivity index (χ1n) is 6.24. The van der Waals surface area contributed by atoms with Gasteiger partial charge in [0.2, 0.25) is 5.91 Å². The highest BCUT2D eigenvalue weighted by molar-refractivity contribution is 6.32. The zero-order chi connectivity index (χ0) is 12.8. The van der Waals surface area contributed by atoms with Crippen molar-refractivity contribution >= 4 is 23.2 Å². The first-order chi connectivity index (χ1) is 8.75. The van der Waals surface area contributed by atoms with Gasteiger partial charge in [0, 0.05) is 25.8 Å². The van der Waals surface area contributed by atoms with Gasteiger partial charge in [-0.05, 0) is 37.3 Å². The van der Waals surface area contributed by atoms with Crippen LogP contribution >= 0.6 is 11.6 Å². The van der Waals surface area contributed by atoms with Crippen molar-refractivity contribution in [1.29, 1.82) is 0 Å². The third kappa shape index (κ3) is 3.96. The predicted molar refractivity (Wildman–Crippen MR) is 70.7 cm³/mol. The molecule has 1 aromatic heterocycles. The zero-order valence-electron chi connectivity index (χ0n) is 10.2. The van der Waals surface area contributed by atoms with E-state index in [1.165, 1.54) is 0 Å². The second-order valence-electron chi connectivity index (χ2n) is 4.48. The quantitative estimate of drug-likeness (QED) is 0.855. The van der Waals surface area contributed by atoms with Gasteiger partial charge < -0.3 is 10.1 Å². The Labute approximate surface area is 112 Å². The summed E-state index contributed by atoms with van der Waals surface area (Å²) < 4.78 is 5.29. The highest BCUT2D eigenvalue weighted by atomic mass is 35.5. The molecular formula is C13H17ClN2O2. The van der Waals surface area contributed by atoms with Crippen LogP contribution in [0.2, 0.25) is 5.15 Å². The van der Waals surface area contributed by atoms with E-state index < -0.39 is 0 Å². The molecule has 2 rings (SSSR count). The normalized spacial score (nSPS) is 16.5. The maximum absolute atomic E-state index is 11.8. The van der Waals surface area contributed by atoms with Gasteiger partial charge in [0.05, 0.1) is 5.69 Å². The number of nitrogens with zero attached hydrogens (tertiary/aromatic N) is 1. The summed E-state index contributed by atoms with van der Waals surface area (Å²) in [7, 11) is 0. The summed E-state index contributed by atoms with van der Waals surface area (Å²) >= 11 is 5.87. The minimum absolute atomic E-state index is 0.00334. The summed E-state index contributed by atoms with van der Waals surface area (Å²) in [6, 6.07) is 3.50. The van der Waals surface area contributed by atoms with Crippen molar-refractivity contribution in [1.82, 2.24) is 4.98 Å². The Kier molecular flexibility index (Phi) is 4.96. The highest BCUT2D eigenvalue weighted by Gasteiger charge is 2.15. The molecule has 4 nitrogen and oxygen atoms in total. The lowest BCUT2D eigenvalue weighted by molar-refractivity contribution is -0.116. The Hall–Kier alpha value is -1.13. The first-order valence-corrected chi connectivity index (χ1v) is 6.61. The van der Waals surface area contributed by atoms with Crippen LogP contribution in [0.15, 0.2) is 18.3 Å². The summed E-state index contributed by atoms with van der Waals surface area (Å²) in [6.07, 6.45) is 5.14. The Bertz CT molecular complexity index is 406. The molecule has 1 saturated heterocycles. The van der Waals surface area contributed by atoms with Gasteiger partial charge in [0.15, 0.2) is 5.15 Å². The number of pyridine rings is 1. The lowest BCUT2D eigenvalue weighted by Gasteiger charge is -2.21. The molecule has 1 N–H and O–H groups in total. The number of hydrogen-bond donors (Lipinski definition) is 1. The molecule has 1 aromatic rings. The first kappa shape index (κ1) is 13.3. The van der Waals surface area contributed by atoms with Crippen LogP contribution < -0.4 is 5.32 Å². The molecule has 0 aromatic carbocycles. The largest absolute Gasteiger partial charge is 0.381 e. The Morgan fingerprint density at radius 3 is 3.00 bits per heavy atom. The average molecular weight is 269 g/mol. The van der Waals surface area contributed by atoms with Crippen molar-refractivity contribution < 1.29 is 9.53 Å². The van der Waals surface area contributed by atoms with Crippen LogP contribution in [0.3, 0.4) is 0 Å². The van der Waals surface area contributed by atoms with Gasteiger partial charge in [-0.2, -0.15) is 0 Å². The number of rotatable bonds is 4. The van der Waals surface area contributed by atoms with E-state index in [2.05, 4.69) is 10.3 Å². The van der Waals surface area contributed by atoms with Gasteiger partial charge in [-0.25, -0.2) is 4.98 Å². The smallest absolute Gasteiger partial charge is 0.224 e. The van der Waals surface area contributed by atoms with Crippen LogP contribution in [0.5, 0.6) is 0 Å². The lowest BCUT2D eigenvalue weighted by Crippen LogP contribution is -2.19.